The third kappa shape index (κ3) is 3.56. The summed E-state index contributed by atoms with van der Waals surface area (Å²) in [6.45, 7) is 5.19. The van der Waals surface area contributed by atoms with Gasteiger partial charge in [-0.05, 0) is 32.0 Å². The first-order valence-corrected chi connectivity index (χ1v) is 6.83. The van der Waals surface area contributed by atoms with E-state index < -0.39 is 0 Å². The second-order valence-electron chi connectivity index (χ2n) is 4.16. The minimum absolute atomic E-state index is 0.318. The Morgan fingerprint density at radius 2 is 2.29 bits per heavy atom. The van der Waals surface area contributed by atoms with E-state index in [1.54, 1.807) is 17.5 Å². The zero-order valence-corrected chi connectivity index (χ0v) is 11.5. The molecule has 1 N–H and O–H groups in total. The van der Waals surface area contributed by atoms with Crippen LogP contribution in [0.3, 0.4) is 0 Å². The maximum Gasteiger partial charge on any atom is 0.0931 e. The molecule has 17 heavy (non-hydrogen) atoms. The molecule has 2 unspecified atom stereocenters. The zero-order chi connectivity index (χ0) is 12.3. The van der Waals surface area contributed by atoms with Crippen molar-refractivity contribution in [2.45, 2.75) is 32.5 Å². The van der Waals surface area contributed by atoms with Crippen molar-refractivity contribution in [3.8, 4) is 0 Å². The highest BCUT2D eigenvalue weighted by molar-refractivity contribution is 7.16. The average molecular weight is 270 g/mol. The van der Waals surface area contributed by atoms with Crippen LogP contribution in [0.1, 0.15) is 24.8 Å². The predicted molar refractivity (Wildman–Crippen MR) is 72.6 cm³/mol. The normalized spacial score (nSPS) is 14.8. The topological polar surface area (TPSA) is 29.9 Å². The minimum atomic E-state index is 0.318. The fourth-order valence-corrected chi connectivity index (χ4v) is 2.88. The lowest BCUT2D eigenvalue weighted by Gasteiger charge is -2.19. The quantitative estimate of drug-likeness (QED) is 0.902. The van der Waals surface area contributed by atoms with Gasteiger partial charge in [0.15, 0.2) is 0 Å². The molecule has 2 aromatic rings. The number of aromatic nitrogens is 2. The van der Waals surface area contributed by atoms with Crippen LogP contribution in [-0.4, -0.2) is 15.8 Å². The molecule has 2 aromatic heterocycles. The maximum atomic E-state index is 5.93. The molecule has 3 nitrogen and oxygen atoms in total. The van der Waals surface area contributed by atoms with E-state index in [0.29, 0.717) is 12.1 Å². The molecule has 2 heterocycles. The van der Waals surface area contributed by atoms with Crippen molar-refractivity contribution in [3.63, 3.8) is 0 Å². The van der Waals surface area contributed by atoms with Gasteiger partial charge in [0.1, 0.15) is 0 Å². The highest BCUT2D eigenvalue weighted by Crippen LogP contribution is 2.26. The van der Waals surface area contributed by atoms with Crippen molar-refractivity contribution in [1.82, 2.24) is 15.1 Å². The monoisotopic (exact) mass is 269 g/mol. The number of rotatable bonds is 5. The molecule has 0 saturated heterocycles. The fraction of sp³-hybridized carbons (Fsp3) is 0.417. The van der Waals surface area contributed by atoms with E-state index in [9.17, 15) is 0 Å². The van der Waals surface area contributed by atoms with Crippen LogP contribution in [0.5, 0.6) is 0 Å². The molecule has 2 rings (SSSR count). The molecular formula is C12H16ClN3S. The molecule has 0 amide bonds. The molecule has 0 bridgehead atoms. The summed E-state index contributed by atoms with van der Waals surface area (Å²) in [7, 11) is 0. The molecule has 0 aliphatic rings. The van der Waals surface area contributed by atoms with E-state index in [0.717, 1.165) is 10.9 Å². The Kier molecular flexibility index (Phi) is 4.20. The van der Waals surface area contributed by atoms with Crippen LogP contribution in [0.25, 0.3) is 0 Å². The maximum absolute atomic E-state index is 5.93. The molecule has 0 fully saturated rings. The van der Waals surface area contributed by atoms with Gasteiger partial charge in [-0.1, -0.05) is 11.6 Å². The Morgan fingerprint density at radius 1 is 1.47 bits per heavy atom. The van der Waals surface area contributed by atoms with Crippen LogP contribution >= 0.6 is 22.9 Å². The second-order valence-corrected chi connectivity index (χ2v) is 5.91. The molecule has 5 heteroatoms. The van der Waals surface area contributed by atoms with Crippen molar-refractivity contribution in [2.75, 3.05) is 0 Å². The van der Waals surface area contributed by atoms with Crippen molar-refractivity contribution in [2.24, 2.45) is 0 Å². The first-order valence-electron chi connectivity index (χ1n) is 5.64. The van der Waals surface area contributed by atoms with Crippen LogP contribution in [0.4, 0.5) is 0 Å². The summed E-state index contributed by atoms with van der Waals surface area (Å²) in [6, 6.07) is 6.64. The zero-order valence-electron chi connectivity index (χ0n) is 9.93. The summed E-state index contributed by atoms with van der Waals surface area (Å²) in [6.07, 6.45) is 3.78. The largest absolute Gasteiger partial charge is 0.305 e. The summed E-state index contributed by atoms with van der Waals surface area (Å²) < 4.78 is 2.78. The van der Waals surface area contributed by atoms with Crippen molar-refractivity contribution < 1.29 is 0 Å². The van der Waals surface area contributed by atoms with E-state index >= 15 is 0 Å². The SMILES string of the molecule is CC(Cn1cccn1)NC(C)c1ccc(Cl)s1. The Bertz CT molecular complexity index is 452. The van der Waals surface area contributed by atoms with Crippen molar-refractivity contribution >= 4 is 22.9 Å². The molecule has 0 spiro atoms. The van der Waals surface area contributed by atoms with Crippen LogP contribution in [0.2, 0.25) is 4.34 Å². The summed E-state index contributed by atoms with van der Waals surface area (Å²) in [4.78, 5) is 1.27. The Morgan fingerprint density at radius 3 is 2.88 bits per heavy atom. The summed E-state index contributed by atoms with van der Waals surface area (Å²) in [5.41, 5.74) is 0. The van der Waals surface area contributed by atoms with Gasteiger partial charge in [-0.15, -0.1) is 11.3 Å². The number of nitrogens with zero attached hydrogens (tertiary/aromatic N) is 2. The summed E-state index contributed by atoms with van der Waals surface area (Å²) in [5.74, 6) is 0. The lowest BCUT2D eigenvalue weighted by atomic mass is 10.2. The first kappa shape index (κ1) is 12.6. The van der Waals surface area contributed by atoms with E-state index in [1.807, 2.05) is 23.0 Å². The number of halogens is 1. The van der Waals surface area contributed by atoms with E-state index in [-0.39, 0.29) is 0 Å². The molecule has 2 atom stereocenters. The predicted octanol–water partition coefficient (Wildman–Crippen LogP) is 3.34. The summed E-state index contributed by atoms with van der Waals surface area (Å²) in [5, 5.41) is 7.74. The van der Waals surface area contributed by atoms with Gasteiger partial charge >= 0.3 is 0 Å². The van der Waals surface area contributed by atoms with Crippen molar-refractivity contribution in [3.05, 3.63) is 39.8 Å². The molecule has 0 aliphatic heterocycles. The Hall–Kier alpha value is -0.840. The van der Waals surface area contributed by atoms with Crippen LogP contribution in [-0.2, 0) is 6.54 Å². The lowest BCUT2D eigenvalue weighted by Crippen LogP contribution is -2.32. The highest BCUT2D eigenvalue weighted by atomic mass is 35.5. The smallest absolute Gasteiger partial charge is 0.0931 e. The first-order chi connectivity index (χ1) is 8.15. The lowest BCUT2D eigenvalue weighted by molar-refractivity contribution is 0.415. The third-order valence-electron chi connectivity index (χ3n) is 2.58. The minimum Gasteiger partial charge on any atom is -0.305 e. The highest BCUT2D eigenvalue weighted by Gasteiger charge is 2.11. The van der Waals surface area contributed by atoms with Crippen molar-refractivity contribution in [1.29, 1.82) is 0 Å². The van der Waals surface area contributed by atoms with E-state index in [2.05, 4.69) is 30.3 Å². The van der Waals surface area contributed by atoms with Crippen LogP contribution in [0, 0.1) is 0 Å². The second kappa shape index (κ2) is 5.67. The molecule has 0 aliphatic carbocycles. The van der Waals surface area contributed by atoms with Gasteiger partial charge in [-0.3, -0.25) is 4.68 Å². The molecule has 0 saturated carbocycles. The number of thiophene rings is 1. The van der Waals surface area contributed by atoms with Crippen LogP contribution in [0.15, 0.2) is 30.6 Å². The van der Waals surface area contributed by atoms with E-state index in [1.165, 1.54) is 4.88 Å². The van der Waals surface area contributed by atoms with Gasteiger partial charge in [0.05, 0.1) is 10.9 Å². The summed E-state index contributed by atoms with van der Waals surface area (Å²) >= 11 is 7.56. The Balaban J connectivity index is 1.88. The van der Waals surface area contributed by atoms with Gasteiger partial charge in [0.2, 0.25) is 0 Å². The molecule has 0 radical (unpaired) electrons. The van der Waals surface area contributed by atoms with Gasteiger partial charge < -0.3 is 5.32 Å². The van der Waals surface area contributed by atoms with Crippen LogP contribution < -0.4 is 5.32 Å². The number of hydrogen-bond donors (Lipinski definition) is 1. The third-order valence-corrected chi connectivity index (χ3v) is 3.99. The molecule has 0 aromatic carbocycles. The van der Waals surface area contributed by atoms with Gasteiger partial charge in [0.25, 0.3) is 0 Å². The van der Waals surface area contributed by atoms with Gasteiger partial charge in [0, 0.05) is 29.4 Å². The average Bonchev–Trinajstić information content (AvgIpc) is 2.89. The number of nitrogens with one attached hydrogen (secondary N) is 1. The van der Waals surface area contributed by atoms with E-state index in [4.69, 9.17) is 11.6 Å². The molecular weight excluding hydrogens is 254 g/mol. The molecule has 92 valence electrons. The standard InChI is InChI=1S/C12H16ClN3S/c1-9(8-16-7-3-6-14-16)15-10(2)11-4-5-12(13)17-11/h3-7,9-10,15H,8H2,1-2H3. The van der Waals surface area contributed by atoms with Gasteiger partial charge in [-0.2, -0.15) is 5.10 Å². The number of hydrogen-bond acceptors (Lipinski definition) is 3. The Labute approximate surface area is 110 Å². The fourth-order valence-electron chi connectivity index (χ4n) is 1.81. The van der Waals surface area contributed by atoms with Gasteiger partial charge in [-0.25, -0.2) is 0 Å².